The van der Waals surface area contributed by atoms with Gasteiger partial charge in [-0.1, -0.05) is 124 Å². The van der Waals surface area contributed by atoms with Crippen molar-refractivity contribution in [3.05, 3.63) is 131 Å². The molecule has 6 heteroatoms. The van der Waals surface area contributed by atoms with E-state index >= 15 is 0 Å². The maximum absolute atomic E-state index is 13.9. The molecule has 1 aliphatic rings. The van der Waals surface area contributed by atoms with Crippen molar-refractivity contribution in [2.75, 3.05) is 26.4 Å². The predicted octanol–water partition coefficient (Wildman–Crippen LogP) is 11.2. The molecule has 5 aromatic rings. The summed E-state index contributed by atoms with van der Waals surface area (Å²) < 4.78 is 24.9. The molecule has 1 aliphatic heterocycles. The molecule has 6 nitrogen and oxygen atoms in total. The molecule has 0 saturated heterocycles. The van der Waals surface area contributed by atoms with E-state index in [0.717, 1.165) is 93.9 Å². The van der Waals surface area contributed by atoms with Gasteiger partial charge in [-0.05, 0) is 66.8 Å². The van der Waals surface area contributed by atoms with Crippen molar-refractivity contribution in [2.24, 2.45) is 0 Å². The standard InChI is InChI=1S/C46H50O6/c47-45(36-19-11-9-12-20-36)41-33-42(46(48)37-21-13-10-14-22-37)44-34-43(41)51-29-17-7-3-1-5-15-27-49-39-25-23-35-24-26-40(32-38(35)31-39)50-28-16-6-2-4-8-18-30-52-44/h9-14,19-26,31-34H,1-8,15-18,27-30H2. The molecule has 270 valence electrons. The Hall–Kier alpha value is -5.10. The molecule has 52 heavy (non-hydrogen) atoms. The fraction of sp³-hybridized carbons (Fsp3) is 0.348. The Morgan fingerprint density at radius 2 is 0.750 bits per heavy atom. The van der Waals surface area contributed by atoms with Gasteiger partial charge in [0.05, 0.1) is 37.6 Å². The second-order valence-corrected chi connectivity index (χ2v) is 13.5. The highest BCUT2D eigenvalue weighted by atomic mass is 16.5. The van der Waals surface area contributed by atoms with Crippen LogP contribution in [0.1, 0.15) is 109 Å². The summed E-state index contributed by atoms with van der Waals surface area (Å²) >= 11 is 0. The molecule has 0 amide bonds. The number of ketones is 2. The zero-order valence-electron chi connectivity index (χ0n) is 30.2. The topological polar surface area (TPSA) is 71.1 Å². The van der Waals surface area contributed by atoms with Gasteiger partial charge in [0.15, 0.2) is 11.6 Å². The third-order valence-corrected chi connectivity index (χ3v) is 9.56. The first kappa shape index (κ1) is 36.7. The number of benzene rings is 5. The van der Waals surface area contributed by atoms with Crippen LogP contribution in [0, 0.1) is 0 Å². The van der Waals surface area contributed by atoms with Crippen LogP contribution >= 0.6 is 0 Å². The number of carbonyl (C=O) groups excluding carboxylic acids is 2. The van der Waals surface area contributed by atoms with Gasteiger partial charge in [-0.25, -0.2) is 0 Å². The van der Waals surface area contributed by atoms with Crippen molar-refractivity contribution in [3.8, 4) is 23.0 Å². The zero-order valence-corrected chi connectivity index (χ0v) is 30.2. The van der Waals surface area contributed by atoms with E-state index in [9.17, 15) is 9.59 Å². The number of hydrogen-bond donors (Lipinski definition) is 0. The van der Waals surface area contributed by atoms with Gasteiger partial charge in [-0.2, -0.15) is 0 Å². The first-order chi connectivity index (χ1) is 25.7. The lowest BCUT2D eigenvalue weighted by atomic mass is 9.95. The lowest BCUT2D eigenvalue weighted by Crippen LogP contribution is -2.12. The Morgan fingerprint density at radius 3 is 1.17 bits per heavy atom. The second-order valence-electron chi connectivity index (χ2n) is 13.5. The van der Waals surface area contributed by atoms with Gasteiger partial charge in [0.2, 0.25) is 0 Å². The minimum atomic E-state index is -0.184. The molecule has 0 atom stereocenters. The van der Waals surface area contributed by atoms with Crippen molar-refractivity contribution >= 4 is 22.3 Å². The molecule has 6 rings (SSSR count). The number of ether oxygens (including phenoxy) is 4. The largest absolute Gasteiger partial charge is 0.494 e. The highest BCUT2D eigenvalue weighted by Gasteiger charge is 2.23. The van der Waals surface area contributed by atoms with Crippen LogP contribution in [0.5, 0.6) is 23.0 Å². The molecule has 0 saturated carbocycles. The van der Waals surface area contributed by atoms with Crippen LogP contribution in [-0.2, 0) is 0 Å². The number of fused-ring (bicyclic) bond motifs is 4. The van der Waals surface area contributed by atoms with Crippen LogP contribution in [0.4, 0.5) is 0 Å². The first-order valence-electron chi connectivity index (χ1n) is 19.1. The highest BCUT2D eigenvalue weighted by molar-refractivity contribution is 6.15. The third kappa shape index (κ3) is 10.5. The summed E-state index contributed by atoms with van der Waals surface area (Å²) in [5.41, 5.74) is 1.82. The quantitative estimate of drug-likeness (QED) is 0.174. The average Bonchev–Trinajstić information content (AvgIpc) is 3.19. The van der Waals surface area contributed by atoms with Crippen LogP contribution in [0.2, 0.25) is 0 Å². The van der Waals surface area contributed by atoms with Crippen LogP contribution in [0.25, 0.3) is 10.8 Å². The zero-order chi connectivity index (χ0) is 35.8. The second kappa shape index (κ2) is 19.5. The molecule has 0 aromatic heterocycles. The maximum atomic E-state index is 13.9. The minimum absolute atomic E-state index is 0.184. The van der Waals surface area contributed by atoms with Crippen molar-refractivity contribution in [2.45, 2.75) is 77.0 Å². The maximum Gasteiger partial charge on any atom is 0.196 e. The molecule has 0 unspecified atom stereocenters. The van der Waals surface area contributed by atoms with Gasteiger partial charge < -0.3 is 18.9 Å². The smallest absolute Gasteiger partial charge is 0.196 e. The lowest BCUT2D eigenvalue weighted by molar-refractivity contribution is 0.103. The molecular weight excluding hydrogens is 649 g/mol. The summed E-state index contributed by atoms with van der Waals surface area (Å²) in [5.74, 6) is 2.32. The molecule has 0 N–H and O–H groups in total. The van der Waals surface area contributed by atoms with Gasteiger partial charge in [-0.3, -0.25) is 9.59 Å². The fourth-order valence-electron chi connectivity index (χ4n) is 6.59. The first-order valence-corrected chi connectivity index (χ1v) is 19.1. The van der Waals surface area contributed by atoms with E-state index in [4.69, 9.17) is 18.9 Å². The van der Waals surface area contributed by atoms with E-state index in [1.54, 1.807) is 36.4 Å². The Morgan fingerprint density at radius 1 is 0.365 bits per heavy atom. The SMILES string of the molecule is O=C(c1ccccc1)c1cc(C(=O)c2ccccc2)c2cc1OCCCCCCCCOc1ccc3ccc(cc3c1)OCCCCCCCCO2. The molecule has 0 aliphatic carbocycles. The summed E-state index contributed by atoms with van der Waals surface area (Å²) in [6.07, 6.45) is 12.4. The minimum Gasteiger partial charge on any atom is -0.494 e. The molecule has 0 radical (unpaired) electrons. The Labute approximate surface area is 308 Å². The summed E-state index contributed by atoms with van der Waals surface area (Å²) in [5, 5.41) is 2.31. The van der Waals surface area contributed by atoms with Crippen LogP contribution < -0.4 is 18.9 Å². The lowest BCUT2D eigenvalue weighted by Gasteiger charge is -2.17. The predicted molar refractivity (Wildman–Crippen MR) is 208 cm³/mol. The highest BCUT2D eigenvalue weighted by Crippen LogP contribution is 2.33. The fourth-order valence-corrected chi connectivity index (χ4v) is 6.59. The monoisotopic (exact) mass is 698 g/mol. The van der Waals surface area contributed by atoms with E-state index in [1.165, 1.54) is 5.39 Å². The molecule has 5 aromatic carbocycles. The van der Waals surface area contributed by atoms with Gasteiger partial charge in [0, 0.05) is 17.2 Å². The van der Waals surface area contributed by atoms with Gasteiger partial charge >= 0.3 is 0 Å². The number of rotatable bonds is 4. The van der Waals surface area contributed by atoms with Crippen molar-refractivity contribution in [1.82, 2.24) is 0 Å². The molecule has 5 bridgehead atoms. The van der Waals surface area contributed by atoms with E-state index in [1.807, 2.05) is 48.5 Å². The average molecular weight is 699 g/mol. The normalized spacial score (nSPS) is 15.6. The summed E-state index contributed by atoms with van der Waals surface area (Å²) in [6.45, 7) is 2.32. The van der Waals surface area contributed by atoms with E-state index in [2.05, 4.69) is 24.3 Å². The van der Waals surface area contributed by atoms with Crippen molar-refractivity contribution < 1.29 is 28.5 Å². The third-order valence-electron chi connectivity index (χ3n) is 9.56. The summed E-state index contributed by atoms with van der Waals surface area (Å²) in [6, 6.07) is 34.3. The van der Waals surface area contributed by atoms with E-state index in [-0.39, 0.29) is 11.6 Å². The van der Waals surface area contributed by atoms with Crippen molar-refractivity contribution in [3.63, 3.8) is 0 Å². The number of hydrogen-bond acceptors (Lipinski definition) is 6. The number of carbonyl (C=O) groups is 2. The molecule has 0 fully saturated rings. The molecule has 1 heterocycles. The molecule has 0 spiro atoms. The summed E-state index contributed by atoms with van der Waals surface area (Å²) in [4.78, 5) is 27.7. The van der Waals surface area contributed by atoms with E-state index < -0.39 is 0 Å². The Kier molecular flexibility index (Phi) is 13.8. The van der Waals surface area contributed by atoms with Crippen LogP contribution in [-0.4, -0.2) is 38.0 Å². The van der Waals surface area contributed by atoms with Crippen LogP contribution in [0.15, 0.2) is 109 Å². The van der Waals surface area contributed by atoms with E-state index in [0.29, 0.717) is 60.2 Å². The Balaban J connectivity index is 1.16. The van der Waals surface area contributed by atoms with Gasteiger partial charge in [-0.15, -0.1) is 0 Å². The summed E-state index contributed by atoms with van der Waals surface area (Å²) in [7, 11) is 0. The molecular formula is C46H50O6. The van der Waals surface area contributed by atoms with Crippen LogP contribution in [0.3, 0.4) is 0 Å². The van der Waals surface area contributed by atoms with Gasteiger partial charge in [0.25, 0.3) is 0 Å². The van der Waals surface area contributed by atoms with Gasteiger partial charge in [0.1, 0.15) is 23.0 Å². The van der Waals surface area contributed by atoms with Crippen molar-refractivity contribution in [1.29, 1.82) is 0 Å². The Bertz CT molecular complexity index is 1750.